The minimum Gasteiger partial charge on any atom is -0.465 e. The van der Waals surface area contributed by atoms with Gasteiger partial charge in [0.15, 0.2) is 0 Å². The van der Waals surface area contributed by atoms with Crippen molar-refractivity contribution in [2.24, 2.45) is 5.41 Å². The molecular weight excluding hydrogens is 450 g/mol. The fourth-order valence-electron chi connectivity index (χ4n) is 3.37. The van der Waals surface area contributed by atoms with E-state index in [4.69, 9.17) is 11.6 Å². The monoisotopic (exact) mass is 475 g/mol. The molecule has 1 amide bonds. The summed E-state index contributed by atoms with van der Waals surface area (Å²) in [6, 6.07) is 12.3. The molecule has 0 radical (unpaired) electrons. The molecule has 7 nitrogen and oxygen atoms in total. The van der Waals surface area contributed by atoms with Crippen molar-refractivity contribution in [2.45, 2.75) is 39.1 Å². The van der Waals surface area contributed by atoms with Gasteiger partial charge in [0.2, 0.25) is 0 Å². The first-order valence-corrected chi connectivity index (χ1v) is 11.8. The van der Waals surface area contributed by atoms with Crippen LogP contribution in [0.1, 0.15) is 31.9 Å². The average Bonchev–Trinajstić information content (AvgIpc) is 3.14. The lowest BCUT2D eigenvalue weighted by atomic mass is 9.96. The Labute approximate surface area is 193 Å². The third kappa shape index (κ3) is 5.31. The van der Waals surface area contributed by atoms with Gasteiger partial charge >= 0.3 is 6.09 Å². The van der Waals surface area contributed by atoms with Gasteiger partial charge in [0.05, 0.1) is 12.2 Å². The van der Waals surface area contributed by atoms with E-state index in [1.807, 2.05) is 39.0 Å². The van der Waals surface area contributed by atoms with Crippen molar-refractivity contribution in [3.05, 3.63) is 71.1 Å². The molecule has 0 saturated heterocycles. The Hall–Kier alpha value is -2.84. The summed E-state index contributed by atoms with van der Waals surface area (Å²) in [6.07, 6.45) is 1.64. The molecule has 0 unspecified atom stereocenters. The molecule has 2 heterocycles. The van der Waals surface area contributed by atoms with Crippen molar-refractivity contribution < 1.29 is 18.3 Å². The van der Waals surface area contributed by atoms with Crippen molar-refractivity contribution >= 4 is 27.7 Å². The molecule has 0 saturated carbocycles. The highest BCUT2D eigenvalue weighted by Gasteiger charge is 2.26. The normalized spacial score (nSPS) is 12.0. The van der Waals surface area contributed by atoms with Crippen LogP contribution in [0.25, 0.3) is 11.3 Å². The summed E-state index contributed by atoms with van der Waals surface area (Å²) in [6.45, 7) is 7.90. The van der Waals surface area contributed by atoms with Gasteiger partial charge in [-0.15, -0.1) is 0 Å². The van der Waals surface area contributed by atoms with Crippen molar-refractivity contribution in [3.63, 3.8) is 0 Å². The molecule has 0 bridgehead atoms. The van der Waals surface area contributed by atoms with Gasteiger partial charge in [0.1, 0.15) is 10.0 Å². The highest BCUT2D eigenvalue weighted by Crippen LogP contribution is 2.29. The molecule has 32 heavy (non-hydrogen) atoms. The number of amides is 1. The Kier molecular flexibility index (Phi) is 6.67. The summed E-state index contributed by atoms with van der Waals surface area (Å²) in [5, 5.41) is 9.90. The van der Waals surface area contributed by atoms with Crippen LogP contribution in [0.15, 0.2) is 59.8 Å². The number of halogens is 1. The van der Waals surface area contributed by atoms with Crippen molar-refractivity contribution in [2.75, 3.05) is 6.54 Å². The number of aromatic nitrogens is 2. The molecule has 1 N–H and O–H groups in total. The zero-order valence-electron chi connectivity index (χ0n) is 18.4. The molecule has 1 aromatic carbocycles. The van der Waals surface area contributed by atoms with Crippen LogP contribution in [-0.4, -0.2) is 40.0 Å². The van der Waals surface area contributed by atoms with Crippen LogP contribution in [0, 0.1) is 12.3 Å². The quantitative estimate of drug-likeness (QED) is 0.490. The minimum absolute atomic E-state index is 0.00325. The van der Waals surface area contributed by atoms with E-state index >= 15 is 0 Å². The Balaban J connectivity index is 2.12. The second-order valence-corrected chi connectivity index (χ2v) is 11.1. The molecule has 0 aliphatic rings. The average molecular weight is 476 g/mol. The minimum atomic E-state index is -4.00. The van der Waals surface area contributed by atoms with Crippen LogP contribution in [0.2, 0.25) is 5.15 Å². The number of nitrogens with zero attached hydrogens (tertiary/aromatic N) is 3. The highest BCUT2D eigenvalue weighted by molar-refractivity contribution is 7.90. The van der Waals surface area contributed by atoms with E-state index in [9.17, 15) is 18.3 Å². The largest absolute Gasteiger partial charge is 0.465 e. The number of carbonyl (C=O) groups is 1. The van der Waals surface area contributed by atoms with E-state index < -0.39 is 16.1 Å². The Morgan fingerprint density at radius 1 is 1.19 bits per heavy atom. The summed E-state index contributed by atoms with van der Waals surface area (Å²) >= 11 is 5.97. The summed E-state index contributed by atoms with van der Waals surface area (Å²) in [5.41, 5.74) is 2.00. The Bertz CT molecular complexity index is 1230. The molecule has 3 rings (SSSR count). The summed E-state index contributed by atoms with van der Waals surface area (Å²) in [7, 11) is -4.00. The lowest BCUT2D eigenvalue weighted by Crippen LogP contribution is -2.36. The van der Waals surface area contributed by atoms with Crippen LogP contribution in [0.3, 0.4) is 0 Å². The predicted molar refractivity (Wildman–Crippen MR) is 124 cm³/mol. The van der Waals surface area contributed by atoms with E-state index in [-0.39, 0.29) is 22.0 Å². The molecule has 0 atom stereocenters. The van der Waals surface area contributed by atoms with Crippen LogP contribution in [0.5, 0.6) is 0 Å². The Morgan fingerprint density at radius 2 is 1.84 bits per heavy atom. The topological polar surface area (TPSA) is 92.5 Å². The van der Waals surface area contributed by atoms with Gasteiger partial charge in [-0.05, 0) is 41.2 Å². The van der Waals surface area contributed by atoms with Gasteiger partial charge in [0.25, 0.3) is 10.0 Å². The first-order valence-electron chi connectivity index (χ1n) is 10.0. The lowest BCUT2D eigenvalue weighted by molar-refractivity contribution is 0.123. The third-order valence-electron chi connectivity index (χ3n) is 4.77. The first-order chi connectivity index (χ1) is 14.9. The number of aryl methyl sites for hydroxylation is 1. The standard InChI is InChI=1S/C23H26ClN3O4S/c1-16-10-19(12-25-21(16)24)32(30,31)27-14-17(11-20(27)18-8-6-5-7-9-18)13-26(22(28)29)15-23(2,3)4/h5-12,14H,13,15H2,1-4H3,(H,28,29). The first kappa shape index (κ1) is 23.8. The van der Waals surface area contributed by atoms with E-state index in [1.165, 1.54) is 27.3 Å². The van der Waals surface area contributed by atoms with Gasteiger partial charge in [0, 0.05) is 18.9 Å². The van der Waals surface area contributed by atoms with Gasteiger partial charge in [-0.2, -0.15) is 0 Å². The smallest absolute Gasteiger partial charge is 0.407 e. The molecule has 170 valence electrons. The van der Waals surface area contributed by atoms with E-state index in [2.05, 4.69) is 4.98 Å². The number of rotatable bonds is 6. The van der Waals surface area contributed by atoms with Gasteiger partial charge in [-0.1, -0.05) is 62.7 Å². The van der Waals surface area contributed by atoms with E-state index in [1.54, 1.807) is 25.1 Å². The number of hydrogen-bond donors (Lipinski definition) is 1. The number of pyridine rings is 1. The van der Waals surface area contributed by atoms with Crippen LogP contribution in [-0.2, 0) is 16.6 Å². The molecule has 0 aliphatic heterocycles. The fourth-order valence-corrected chi connectivity index (χ4v) is 4.91. The van der Waals surface area contributed by atoms with Crippen molar-refractivity contribution in [3.8, 4) is 11.3 Å². The Morgan fingerprint density at radius 3 is 2.41 bits per heavy atom. The van der Waals surface area contributed by atoms with Crippen LogP contribution >= 0.6 is 11.6 Å². The summed E-state index contributed by atoms with van der Waals surface area (Å²) in [5.74, 6) is 0. The third-order valence-corrected chi connectivity index (χ3v) is 6.80. The zero-order valence-corrected chi connectivity index (χ0v) is 20.0. The van der Waals surface area contributed by atoms with Gasteiger partial charge in [-0.3, -0.25) is 0 Å². The summed E-state index contributed by atoms with van der Waals surface area (Å²) in [4.78, 5) is 17.1. The van der Waals surface area contributed by atoms with Crippen molar-refractivity contribution in [1.82, 2.24) is 13.9 Å². The highest BCUT2D eigenvalue weighted by atomic mass is 35.5. The second kappa shape index (κ2) is 8.96. The van der Waals surface area contributed by atoms with Crippen LogP contribution < -0.4 is 0 Å². The molecule has 2 aromatic heterocycles. The summed E-state index contributed by atoms with van der Waals surface area (Å²) < 4.78 is 28.2. The maximum Gasteiger partial charge on any atom is 0.407 e. The molecule has 0 fully saturated rings. The number of carboxylic acid groups (broad SMARTS) is 1. The molecule has 3 aromatic rings. The van der Waals surface area contributed by atoms with Gasteiger partial charge < -0.3 is 10.0 Å². The van der Waals surface area contributed by atoms with Crippen molar-refractivity contribution in [1.29, 1.82) is 0 Å². The maximum absolute atomic E-state index is 13.5. The SMILES string of the molecule is Cc1cc(S(=O)(=O)n2cc(CN(CC(C)(C)C)C(=O)O)cc2-c2ccccc2)cnc1Cl. The number of benzene rings is 1. The van der Waals surface area contributed by atoms with E-state index in [0.717, 1.165) is 0 Å². The lowest BCUT2D eigenvalue weighted by Gasteiger charge is -2.27. The second-order valence-electron chi connectivity index (χ2n) is 8.88. The fraction of sp³-hybridized carbons (Fsp3) is 0.304. The molecular formula is C23H26ClN3O4S. The number of hydrogen-bond acceptors (Lipinski definition) is 4. The predicted octanol–water partition coefficient (Wildman–Crippen LogP) is 5.28. The molecule has 0 aliphatic carbocycles. The van der Waals surface area contributed by atoms with Gasteiger partial charge in [-0.25, -0.2) is 22.2 Å². The molecule has 0 spiro atoms. The zero-order chi connectivity index (χ0) is 23.7. The van der Waals surface area contributed by atoms with Crippen LogP contribution in [0.4, 0.5) is 4.79 Å². The maximum atomic E-state index is 13.5. The van der Waals surface area contributed by atoms with E-state index in [0.29, 0.717) is 28.9 Å². The molecule has 9 heteroatoms.